The van der Waals surface area contributed by atoms with Gasteiger partial charge in [0.2, 0.25) is 0 Å². The molecule has 0 unspecified atom stereocenters. The van der Waals surface area contributed by atoms with E-state index in [1.54, 1.807) is 6.07 Å². The van der Waals surface area contributed by atoms with Gasteiger partial charge in [0.15, 0.2) is 0 Å². The van der Waals surface area contributed by atoms with Crippen LogP contribution in [0.2, 0.25) is 0 Å². The normalized spacial score (nSPS) is 11.2. The molecule has 0 aliphatic carbocycles. The Labute approximate surface area is 140 Å². The van der Waals surface area contributed by atoms with Crippen molar-refractivity contribution in [2.24, 2.45) is 0 Å². The van der Waals surface area contributed by atoms with Gasteiger partial charge in [0.25, 0.3) is 0 Å². The highest BCUT2D eigenvalue weighted by molar-refractivity contribution is 5.87. The van der Waals surface area contributed by atoms with Gasteiger partial charge < -0.3 is 9.97 Å². The van der Waals surface area contributed by atoms with Crippen LogP contribution in [0.1, 0.15) is 35.0 Å². The lowest BCUT2D eigenvalue weighted by Gasteiger charge is -2.10. The number of hydrogen-bond donors (Lipinski definition) is 2. The molecule has 0 aliphatic heterocycles. The van der Waals surface area contributed by atoms with Crippen LogP contribution in [0.4, 0.5) is 0 Å². The van der Waals surface area contributed by atoms with Gasteiger partial charge in [-0.25, -0.2) is 4.98 Å². The maximum absolute atomic E-state index is 9.03. The molecule has 4 aromatic rings. The van der Waals surface area contributed by atoms with Crippen LogP contribution in [0.25, 0.3) is 21.9 Å². The molecule has 0 saturated heterocycles. The lowest BCUT2D eigenvalue weighted by atomic mass is 9.96. The molecule has 0 amide bonds. The predicted molar refractivity (Wildman–Crippen MR) is 96.0 cm³/mol. The number of rotatable bonds is 3. The molecule has 4 nitrogen and oxygen atoms in total. The molecule has 0 atom stereocenters. The van der Waals surface area contributed by atoms with E-state index >= 15 is 0 Å². The molecule has 2 N–H and O–H groups in total. The van der Waals surface area contributed by atoms with E-state index in [9.17, 15) is 0 Å². The van der Waals surface area contributed by atoms with E-state index < -0.39 is 0 Å². The molecule has 0 saturated carbocycles. The summed E-state index contributed by atoms with van der Waals surface area (Å²) in [5.74, 6) is 0.926. The Hall–Kier alpha value is -3.06. The molecule has 4 rings (SSSR count). The first-order valence-electron chi connectivity index (χ1n) is 8.16. The van der Waals surface area contributed by atoms with Gasteiger partial charge in [0.1, 0.15) is 5.82 Å². The molecule has 0 bridgehead atoms. The zero-order chi connectivity index (χ0) is 16.7. The van der Waals surface area contributed by atoms with E-state index in [1.807, 2.05) is 18.3 Å². The fourth-order valence-electron chi connectivity index (χ4n) is 3.42. The number of aromatic amines is 2. The number of fused-ring (bicyclic) bond motifs is 2. The summed E-state index contributed by atoms with van der Waals surface area (Å²) in [4.78, 5) is 11.4. The Morgan fingerprint density at radius 2 is 2.08 bits per heavy atom. The van der Waals surface area contributed by atoms with Crippen LogP contribution < -0.4 is 0 Å². The molecule has 118 valence electrons. The summed E-state index contributed by atoms with van der Waals surface area (Å²) in [7, 11) is 0. The van der Waals surface area contributed by atoms with Crippen molar-refractivity contribution < 1.29 is 0 Å². The second-order valence-corrected chi connectivity index (χ2v) is 6.16. The molecule has 0 aliphatic rings. The van der Waals surface area contributed by atoms with E-state index in [1.165, 1.54) is 27.6 Å². The molecule has 0 fully saturated rings. The highest BCUT2D eigenvalue weighted by Crippen LogP contribution is 2.28. The van der Waals surface area contributed by atoms with E-state index in [-0.39, 0.29) is 0 Å². The number of hydrogen-bond acceptors (Lipinski definition) is 2. The quantitative estimate of drug-likeness (QED) is 0.589. The summed E-state index contributed by atoms with van der Waals surface area (Å²) in [6, 6.07) is 12.1. The minimum Gasteiger partial charge on any atom is -0.361 e. The van der Waals surface area contributed by atoms with E-state index in [2.05, 4.69) is 47.0 Å². The molecular formula is C20H18N4. The highest BCUT2D eigenvalue weighted by atomic mass is 14.9. The van der Waals surface area contributed by atoms with Gasteiger partial charge in [-0.2, -0.15) is 5.26 Å². The monoisotopic (exact) mass is 314 g/mol. The first kappa shape index (κ1) is 14.5. The molecule has 2 aromatic carbocycles. The summed E-state index contributed by atoms with van der Waals surface area (Å²) in [5, 5.41) is 10.3. The number of H-pyrrole nitrogens is 2. The fourth-order valence-corrected chi connectivity index (χ4v) is 3.42. The summed E-state index contributed by atoms with van der Waals surface area (Å²) in [6.45, 7) is 4.35. The lowest BCUT2D eigenvalue weighted by molar-refractivity contribution is 1.03. The van der Waals surface area contributed by atoms with Crippen molar-refractivity contribution in [3.63, 3.8) is 0 Å². The molecular weight excluding hydrogens is 296 g/mol. The molecule has 24 heavy (non-hydrogen) atoms. The number of nitrogens with zero attached hydrogens (tertiary/aromatic N) is 2. The number of aromatic nitrogens is 3. The smallest absolute Gasteiger partial charge is 0.111 e. The molecule has 0 radical (unpaired) electrons. The number of imidazole rings is 1. The Morgan fingerprint density at radius 3 is 2.88 bits per heavy atom. The van der Waals surface area contributed by atoms with Crippen LogP contribution in [0.5, 0.6) is 0 Å². The van der Waals surface area contributed by atoms with Crippen LogP contribution in [0, 0.1) is 18.3 Å². The van der Waals surface area contributed by atoms with Crippen molar-refractivity contribution in [3.8, 4) is 6.07 Å². The van der Waals surface area contributed by atoms with Crippen LogP contribution in [-0.2, 0) is 12.8 Å². The van der Waals surface area contributed by atoms with Crippen molar-refractivity contribution in [1.29, 1.82) is 5.26 Å². The Bertz CT molecular complexity index is 1090. The highest BCUT2D eigenvalue weighted by Gasteiger charge is 2.12. The SMILES string of the molecule is CCc1cc(C)c(Cc2nc3ccc(C#N)cc3[nH]2)c2cc[nH]c12. The molecule has 0 spiro atoms. The van der Waals surface area contributed by atoms with Gasteiger partial charge in [-0.1, -0.05) is 13.0 Å². The standard InChI is InChI=1S/C20H18N4/c1-3-14-8-12(2)16(15-6-7-22-20(14)15)10-19-23-17-5-4-13(11-21)9-18(17)24-19/h4-9,22H,3,10H2,1-2H3,(H,23,24). The average molecular weight is 314 g/mol. The second-order valence-electron chi connectivity index (χ2n) is 6.16. The maximum Gasteiger partial charge on any atom is 0.111 e. The van der Waals surface area contributed by atoms with E-state index in [0.29, 0.717) is 5.56 Å². The molecule has 2 heterocycles. The fraction of sp³-hybridized carbons (Fsp3) is 0.200. The van der Waals surface area contributed by atoms with Crippen molar-refractivity contribution in [2.45, 2.75) is 26.7 Å². The van der Waals surface area contributed by atoms with Gasteiger partial charge in [-0.3, -0.25) is 0 Å². The van der Waals surface area contributed by atoms with Crippen molar-refractivity contribution in [1.82, 2.24) is 15.0 Å². The van der Waals surface area contributed by atoms with E-state index in [4.69, 9.17) is 5.26 Å². The average Bonchev–Trinajstić information content (AvgIpc) is 3.22. The van der Waals surface area contributed by atoms with Gasteiger partial charge >= 0.3 is 0 Å². The minimum atomic E-state index is 0.647. The first-order chi connectivity index (χ1) is 11.7. The summed E-state index contributed by atoms with van der Waals surface area (Å²) in [6.07, 6.45) is 3.77. The minimum absolute atomic E-state index is 0.647. The number of nitriles is 1. The summed E-state index contributed by atoms with van der Waals surface area (Å²) < 4.78 is 0. The third kappa shape index (κ3) is 2.26. The molecule has 2 aromatic heterocycles. The Kier molecular flexibility index (Phi) is 3.35. The first-order valence-corrected chi connectivity index (χ1v) is 8.16. The summed E-state index contributed by atoms with van der Waals surface area (Å²) >= 11 is 0. The topological polar surface area (TPSA) is 68.3 Å². The van der Waals surface area contributed by atoms with E-state index in [0.717, 1.165) is 29.7 Å². The third-order valence-electron chi connectivity index (χ3n) is 4.65. The predicted octanol–water partition coefficient (Wildman–Crippen LogP) is 4.38. The van der Waals surface area contributed by atoms with Crippen molar-refractivity contribution in [3.05, 3.63) is 64.6 Å². The largest absolute Gasteiger partial charge is 0.361 e. The number of benzene rings is 2. The maximum atomic E-state index is 9.03. The van der Waals surface area contributed by atoms with Crippen molar-refractivity contribution in [2.75, 3.05) is 0 Å². The van der Waals surface area contributed by atoms with Gasteiger partial charge in [0, 0.05) is 23.5 Å². The van der Waals surface area contributed by atoms with Gasteiger partial charge in [-0.15, -0.1) is 0 Å². The zero-order valence-corrected chi connectivity index (χ0v) is 13.8. The number of aryl methyl sites for hydroxylation is 2. The Balaban J connectivity index is 1.81. The van der Waals surface area contributed by atoms with Crippen molar-refractivity contribution >= 4 is 21.9 Å². The second kappa shape index (κ2) is 5.54. The van der Waals surface area contributed by atoms with Gasteiger partial charge in [0.05, 0.1) is 22.7 Å². The van der Waals surface area contributed by atoms with Crippen LogP contribution in [0.15, 0.2) is 36.5 Å². The van der Waals surface area contributed by atoms with Crippen LogP contribution in [0.3, 0.4) is 0 Å². The number of nitrogens with one attached hydrogen (secondary N) is 2. The lowest BCUT2D eigenvalue weighted by Crippen LogP contribution is -1.97. The van der Waals surface area contributed by atoms with Gasteiger partial charge in [-0.05, 0) is 54.3 Å². The zero-order valence-electron chi connectivity index (χ0n) is 13.8. The summed E-state index contributed by atoms with van der Waals surface area (Å²) in [5.41, 5.74) is 7.61. The molecule has 4 heteroatoms. The van der Waals surface area contributed by atoms with Crippen LogP contribution >= 0.6 is 0 Å². The Morgan fingerprint density at radius 1 is 1.21 bits per heavy atom. The van der Waals surface area contributed by atoms with Crippen LogP contribution in [-0.4, -0.2) is 15.0 Å². The third-order valence-corrected chi connectivity index (χ3v) is 4.65.